The molecule has 0 saturated heterocycles. The number of nitrogens with zero attached hydrogens (tertiary/aromatic N) is 4. The number of aromatic nitrogens is 4. The number of anilines is 2. The van der Waals surface area contributed by atoms with Gasteiger partial charge in [-0.25, -0.2) is 23.4 Å². The number of nitrogens with one attached hydrogen (secondary N) is 1. The Morgan fingerprint density at radius 1 is 1.25 bits per heavy atom. The summed E-state index contributed by atoms with van der Waals surface area (Å²) in [7, 11) is -0.658. The van der Waals surface area contributed by atoms with Crippen molar-refractivity contribution < 1.29 is 21.6 Å². The third kappa shape index (κ3) is 3.23. The van der Waals surface area contributed by atoms with Crippen LogP contribution in [0.25, 0.3) is 22.7 Å². The lowest BCUT2D eigenvalue weighted by Crippen LogP contribution is -2.11. The summed E-state index contributed by atoms with van der Waals surface area (Å²) in [5.74, 6) is 0.0758. The number of hydrogen-bond donors (Lipinski definition) is 2. The van der Waals surface area contributed by atoms with Gasteiger partial charge >= 0.3 is 6.18 Å². The van der Waals surface area contributed by atoms with Gasteiger partial charge < -0.3 is 15.6 Å². The van der Waals surface area contributed by atoms with Gasteiger partial charge in [-0.2, -0.15) is 13.2 Å². The largest absolute Gasteiger partial charge is 0.417 e. The maximum atomic E-state index is 13.0. The zero-order valence-electron chi connectivity index (χ0n) is 15.2. The maximum absolute atomic E-state index is 13.0. The van der Waals surface area contributed by atoms with Crippen molar-refractivity contribution in [2.75, 3.05) is 23.9 Å². The Balaban J connectivity index is 2.34. The average molecular weight is 414 g/mol. The van der Waals surface area contributed by atoms with Crippen molar-refractivity contribution in [3.8, 4) is 11.5 Å². The second kappa shape index (κ2) is 6.62. The average Bonchev–Trinajstić information content (AvgIpc) is 2.97. The van der Waals surface area contributed by atoms with Crippen LogP contribution >= 0.6 is 0 Å². The number of nitrogens with two attached hydrogens (primary N) is 1. The molecule has 0 spiro atoms. The summed E-state index contributed by atoms with van der Waals surface area (Å²) in [4.78, 5) is 12.1. The summed E-state index contributed by atoms with van der Waals surface area (Å²) in [5.41, 5.74) is 5.14. The normalized spacial score (nSPS) is 12.5. The van der Waals surface area contributed by atoms with Crippen LogP contribution in [0.3, 0.4) is 0 Å². The number of rotatable bonds is 4. The van der Waals surface area contributed by atoms with Crippen LogP contribution in [0.5, 0.6) is 0 Å². The maximum Gasteiger partial charge on any atom is 0.417 e. The predicted molar refractivity (Wildman–Crippen MR) is 98.4 cm³/mol. The first-order valence-electron chi connectivity index (χ1n) is 8.10. The van der Waals surface area contributed by atoms with E-state index >= 15 is 0 Å². The summed E-state index contributed by atoms with van der Waals surface area (Å²) < 4.78 is 65.4. The molecule has 28 heavy (non-hydrogen) atoms. The van der Waals surface area contributed by atoms with E-state index in [0.717, 1.165) is 6.07 Å². The van der Waals surface area contributed by atoms with Crippen LogP contribution in [0.2, 0.25) is 0 Å². The van der Waals surface area contributed by atoms with E-state index in [4.69, 9.17) is 5.73 Å². The van der Waals surface area contributed by atoms with Gasteiger partial charge in [0.15, 0.2) is 21.3 Å². The van der Waals surface area contributed by atoms with Gasteiger partial charge in [0.2, 0.25) is 0 Å². The summed E-state index contributed by atoms with van der Waals surface area (Å²) in [6, 6.07) is 2.12. The monoisotopic (exact) mass is 414 g/mol. The number of halogens is 3. The Morgan fingerprint density at radius 2 is 1.93 bits per heavy atom. The van der Waals surface area contributed by atoms with Crippen LogP contribution in [0, 0.1) is 0 Å². The molecule has 150 valence electrons. The summed E-state index contributed by atoms with van der Waals surface area (Å²) >= 11 is 0. The van der Waals surface area contributed by atoms with Crippen molar-refractivity contribution in [2.45, 2.75) is 18.0 Å². The first kappa shape index (κ1) is 19.9. The number of nitrogen functional groups attached to an aromatic ring is 1. The van der Waals surface area contributed by atoms with Crippen molar-refractivity contribution >= 4 is 32.5 Å². The Morgan fingerprint density at radius 3 is 2.50 bits per heavy atom. The Bertz CT molecular complexity index is 1170. The lowest BCUT2D eigenvalue weighted by Gasteiger charge is -2.13. The smallest absolute Gasteiger partial charge is 0.396 e. The lowest BCUT2D eigenvalue weighted by atomic mass is 10.2. The van der Waals surface area contributed by atoms with E-state index < -0.39 is 21.6 Å². The van der Waals surface area contributed by atoms with Gasteiger partial charge in [0.05, 0.1) is 21.9 Å². The molecule has 0 aromatic carbocycles. The first-order chi connectivity index (χ1) is 13.0. The zero-order chi connectivity index (χ0) is 20.9. The highest BCUT2D eigenvalue weighted by Gasteiger charge is 2.32. The number of imidazole rings is 1. The lowest BCUT2D eigenvalue weighted by molar-refractivity contribution is -0.137. The number of fused-ring (bicyclic) bond motifs is 1. The molecule has 0 saturated carbocycles. The van der Waals surface area contributed by atoms with Crippen molar-refractivity contribution in [2.24, 2.45) is 7.05 Å². The van der Waals surface area contributed by atoms with E-state index in [-0.39, 0.29) is 44.8 Å². The summed E-state index contributed by atoms with van der Waals surface area (Å²) in [6.07, 6.45) is -3.87. The van der Waals surface area contributed by atoms with Crippen molar-refractivity contribution in [1.29, 1.82) is 0 Å². The molecule has 0 aliphatic rings. The topological polar surface area (TPSA) is 116 Å². The SMILES string of the molecule is CCS(=O)(=O)c1cc(N)c(NC)nc1-c1nc2cc(C(F)(F)F)cnc2n1C. The fraction of sp³-hybridized carbons (Fsp3) is 0.312. The third-order valence-corrected chi connectivity index (χ3v) is 5.96. The zero-order valence-corrected chi connectivity index (χ0v) is 16.0. The second-order valence-corrected chi connectivity index (χ2v) is 8.23. The molecule has 0 atom stereocenters. The van der Waals surface area contributed by atoms with Gasteiger partial charge in [-0.15, -0.1) is 0 Å². The van der Waals surface area contributed by atoms with E-state index in [9.17, 15) is 21.6 Å². The van der Waals surface area contributed by atoms with Gasteiger partial charge in [0, 0.05) is 20.3 Å². The van der Waals surface area contributed by atoms with Crippen LogP contribution in [-0.4, -0.2) is 40.7 Å². The molecule has 0 unspecified atom stereocenters. The van der Waals surface area contributed by atoms with Crippen LogP contribution < -0.4 is 11.1 Å². The highest BCUT2D eigenvalue weighted by molar-refractivity contribution is 7.91. The molecule has 0 bridgehead atoms. The third-order valence-electron chi connectivity index (χ3n) is 4.22. The van der Waals surface area contributed by atoms with Crippen molar-refractivity contribution in [3.63, 3.8) is 0 Å². The minimum absolute atomic E-state index is 0.0190. The molecule has 0 aliphatic heterocycles. The molecule has 3 aromatic rings. The summed E-state index contributed by atoms with van der Waals surface area (Å²) in [6.45, 7) is 1.47. The van der Waals surface area contributed by atoms with Gasteiger partial charge in [-0.3, -0.25) is 0 Å². The molecule has 3 heterocycles. The molecular weight excluding hydrogens is 397 g/mol. The standard InChI is InChI=1S/C16H17F3N6O2S/c1-4-28(26,27)11-6-9(20)13(21-2)24-12(11)15-23-10-5-8(16(17,18)19)7-22-14(10)25(15)3/h5-7H,4,20H2,1-3H3,(H,21,24). The summed E-state index contributed by atoms with van der Waals surface area (Å²) in [5, 5.41) is 2.75. The fourth-order valence-electron chi connectivity index (χ4n) is 2.71. The molecule has 0 amide bonds. The molecule has 3 rings (SSSR count). The molecular formula is C16H17F3N6O2S. The van der Waals surface area contributed by atoms with Gasteiger partial charge in [0.1, 0.15) is 17.0 Å². The molecule has 8 nitrogen and oxygen atoms in total. The molecule has 0 aliphatic carbocycles. The Hall–Kier alpha value is -2.89. The van der Waals surface area contributed by atoms with Gasteiger partial charge in [0.25, 0.3) is 0 Å². The van der Waals surface area contributed by atoms with E-state index in [1.54, 1.807) is 7.05 Å². The van der Waals surface area contributed by atoms with Gasteiger partial charge in [-0.1, -0.05) is 6.92 Å². The predicted octanol–water partition coefficient (Wildman–Crippen LogP) is 2.47. The van der Waals surface area contributed by atoms with Crippen molar-refractivity contribution in [1.82, 2.24) is 19.5 Å². The number of pyridine rings is 2. The first-order valence-corrected chi connectivity index (χ1v) is 9.76. The highest BCUT2D eigenvalue weighted by atomic mass is 32.2. The van der Waals surface area contributed by atoms with Crippen LogP contribution in [0.4, 0.5) is 24.7 Å². The van der Waals surface area contributed by atoms with Crippen LogP contribution in [-0.2, 0) is 23.1 Å². The minimum Gasteiger partial charge on any atom is -0.396 e. The van der Waals surface area contributed by atoms with E-state index in [1.165, 1.54) is 24.6 Å². The number of alkyl halides is 3. The molecule has 3 N–H and O–H groups in total. The number of sulfone groups is 1. The van der Waals surface area contributed by atoms with Crippen molar-refractivity contribution in [3.05, 3.63) is 23.9 Å². The quantitative estimate of drug-likeness (QED) is 0.674. The molecule has 3 aromatic heterocycles. The second-order valence-electron chi connectivity index (χ2n) is 5.99. The highest BCUT2D eigenvalue weighted by Crippen LogP contribution is 2.34. The van der Waals surface area contributed by atoms with Crippen LogP contribution in [0.1, 0.15) is 12.5 Å². The van der Waals surface area contributed by atoms with Gasteiger partial charge in [-0.05, 0) is 12.1 Å². The molecule has 12 heteroatoms. The Kier molecular flexibility index (Phi) is 4.69. The van der Waals surface area contributed by atoms with Crippen LogP contribution in [0.15, 0.2) is 23.2 Å². The minimum atomic E-state index is -4.58. The molecule has 0 radical (unpaired) electrons. The number of aryl methyl sites for hydroxylation is 1. The van der Waals surface area contributed by atoms with E-state index in [0.29, 0.717) is 6.20 Å². The van der Waals surface area contributed by atoms with E-state index in [2.05, 4.69) is 20.3 Å². The molecule has 0 fully saturated rings. The Labute approximate surface area is 158 Å². The number of hydrogen-bond acceptors (Lipinski definition) is 7. The fourth-order valence-corrected chi connectivity index (χ4v) is 3.75. The van der Waals surface area contributed by atoms with E-state index in [1.807, 2.05) is 0 Å².